The molecular weight excluding hydrogens is 448 g/mol. The normalized spacial score (nSPS) is 17.2. The van der Waals surface area contributed by atoms with E-state index in [1.54, 1.807) is 10.7 Å². The van der Waals surface area contributed by atoms with Crippen molar-refractivity contribution in [1.82, 2.24) is 14.8 Å². The van der Waals surface area contributed by atoms with Gasteiger partial charge in [0.15, 0.2) is 9.84 Å². The quantitative estimate of drug-likeness (QED) is 0.465. The first-order valence-corrected chi connectivity index (χ1v) is 13.1. The van der Waals surface area contributed by atoms with Gasteiger partial charge >= 0.3 is 0 Å². The molecule has 7 nitrogen and oxygen atoms in total. The van der Waals surface area contributed by atoms with E-state index < -0.39 is 9.84 Å². The number of aryl methyl sites for hydroxylation is 3. The molecule has 0 spiro atoms. The van der Waals surface area contributed by atoms with Gasteiger partial charge in [0.05, 0.1) is 40.0 Å². The third kappa shape index (κ3) is 4.21. The molecule has 4 aromatic rings. The molecule has 0 radical (unpaired) electrons. The molecule has 174 valence electrons. The van der Waals surface area contributed by atoms with Gasteiger partial charge in [0.2, 0.25) is 0 Å². The second-order valence-corrected chi connectivity index (χ2v) is 11.2. The lowest BCUT2D eigenvalue weighted by molar-refractivity contribution is 0.102. The van der Waals surface area contributed by atoms with Crippen LogP contribution in [0.25, 0.3) is 22.2 Å². The molecule has 3 heterocycles. The van der Waals surface area contributed by atoms with Crippen molar-refractivity contribution < 1.29 is 13.2 Å². The lowest BCUT2D eigenvalue weighted by atomic mass is 9.99. The maximum absolute atomic E-state index is 13.6. The van der Waals surface area contributed by atoms with E-state index in [0.29, 0.717) is 17.8 Å². The minimum absolute atomic E-state index is 0.0338. The van der Waals surface area contributed by atoms with Gasteiger partial charge in [0.25, 0.3) is 5.91 Å². The lowest BCUT2D eigenvalue weighted by Crippen LogP contribution is -2.20. The SMILES string of the molecule is Cc1ccc(-c2cc(C(=O)Nc3cc(C)nn3C3CCS(=O)(=O)C3)c3ccccc3n2)c(C)c1. The first kappa shape index (κ1) is 22.3. The first-order chi connectivity index (χ1) is 16.2. The van der Waals surface area contributed by atoms with Crippen LogP contribution in [0.3, 0.4) is 0 Å². The van der Waals surface area contributed by atoms with Crippen molar-refractivity contribution in [3.8, 4) is 11.3 Å². The maximum Gasteiger partial charge on any atom is 0.257 e. The van der Waals surface area contributed by atoms with Crippen LogP contribution in [-0.4, -0.2) is 40.6 Å². The Morgan fingerprint density at radius 1 is 1.06 bits per heavy atom. The molecule has 1 N–H and O–H groups in total. The van der Waals surface area contributed by atoms with Crippen molar-refractivity contribution in [2.24, 2.45) is 0 Å². The summed E-state index contributed by atoms with van der Waals surface area (Å²) in [6.07, 6.45) is 0.487. The topological polar surface area (TPSA) is 94.0 Å². The van der Waals surface area contributed by atoms with E-state index in [1.165, 1.54) is 0 Å². The molecular formula is C26H26N4O3S. The van der Waals surface area contributed by atoms with Crippen molar-refractivity contribution in [3.63, 3.8) is 0 Å². The van der Waals surface area contributed by atoms with Gasteiger partial charge in [0, 0.05) is 17.0 Å². The van der Waals surface area contributed by atoms with Crippen molar-refractivity contribution in [3.05, 3.63) is 77.0 Å². The number of anilines is 1. The molecule has 34 heavy (non-hydrogen) atoms. The van der Waals surface area contributed by atoms with E-state index in [-0.39, 0.29) is 23.5 Å². The molecule has 1 aliphatic rings. The van der Waals surface area contributed by atoms with Gasteiger partial charge in [-0.3, -0.25) is 4.79 Å². The van der Waals surface area contributed by atoms with Gasteiger partial charge in [-0.2, -0.15) is 5.10 Å². The minimum Gasteiger partial charge on any atom is -0.307 e. The summed E-state index contributed by atoms with van der Waals surface area (Å²) in [4.78, 5) is 18.4. The number of hydrogen-bond donors (Lipinski definition) is 1. The molecule has 1 atom stereocenters. The average Bonchev–Trinajstić information content (AvgIpc) is 3.33. The molecule has 2 aromatic carbocycles. The number of rotatable bonds is 4. The molecule has 2 aromatic heterocycles. The number of benzene rings is 2. The number of carbonyl (C=O) groups is 1. The minimum atomic E-state index is -3.09. The highest BCUT2D eigenvalue weighted by Gasteiger charge is 2.31. The predicted molar refractivity (Wildman–Crippen MR) is 134 cm³/mol. The van der Waals surface area contributed by atoms with E-state index in [1.807, 2.05) is 63.2 Å². The van der Waals surface area contributed by atoms with Crippen LogP contribution in [0.4, 0.5) is 5.82 Å². The highest BCUT2D eigenvalue weighted by atomic mass is 32.2. The fourth-order valence-corrected chi connectivity index (χ4v) is 6.33. The molecule has 1 saturated heterocycles. The Morgan fingerprint density at radius 3 is 2.59 bits per heavy atom. The standard InChI is InChI=1S/C26H26N4O3S/c1-16-8-9-20(17(2)12-16)24-14-22(21-6-4-5-7-23(21)27-24)26(31)28-25-13-18(3)29-30(25)19-10-11-34(32,33)15-19/h4-9,12-14,19H,10-11,15H2,1-3H3,(H,28,31). The van der Waals surface area contributed by atoms with E-state index >= 15 is 0 Å². The Labute approximate surface area is 198 Å². The molecule has 5 rings (SSSR count). The monoisotopic (exact) mass is 474 g/mol. The van der Waals surface area contributed by atoms with E-state index in [4.69, 9.17) is 4.98 Å². The number of pyridine rings is 1. The van der Waals surface area contributed by atoms with Gasteiger partial charge < -0.3 is 5.32 Å². The Balaban J connectivity index is 1.56. The summed E-state index contributed by atoms with van der Waals surface area (Å²) in [5, 5.41) is 8.21. The number of para-hydroxylation sites is 1. The van der Waals surface area contributed by atoms with Crippen molar-refractivity contribution in [2.45, 2.75) is 33.2 Å². The molecule has 0 bridgehead atoms. The average molecular weight is 475 g/mol. The summed E-state index contributed by atoms with van der Waals surface area (Å²) in [5.41, 5.74) is 5.91. The van der Waals surface area contributed by atoms with Crippen LogP contribution in [0.15, 0.2) is 54.6 Å². The van der Waals surface area contributed by atoms with Gasteiger partial charge in [-0.05, 0) is 44.9 Å². The number of fused-ring (bicyclic) bond motifs is 1. The summed E-state index contributed by atoms with van der Waals surface area (Å²) in [6.45, 7) is 5.91. The maximum atomic E-state index is 13.6. The van der Waals surface area contributed by atoms with E-state index in [9.17, 15) is 13.2 Å². The molecule has 1 aliphatic heterocycles. The Bertz CT molecular complexity index is 1540. The second-order valence-electron chi connectivity index (χ2n) is 9.02. The number of nitrogens with one attached hydrogen (secondary N) is 1. The highest BCUT2D eigenvalue weighted by Crippen LogP contribution is 2.30. The van der Waals surface area contributed by atoms with Crippen molar-refractivity contribution in [1.29, 1.82) is 0 Å². The molecule has 0 aliphatic carbocycles. The van der Waals surface area contributed by atoms with Gasteiger partial charge in [-0.15, -0.1) is 0 Å². The van der Waals surface area contributed by atoms with Crippen LogP contribution in [0, 0.1) is 20.8 Å². The fraction of sp³-hybridized carbons (Fsp3) is 0.269. The first-order valence-electron chi connectivity index (χ1n) is 11.3. The number of sulfone groups is 1. The lowest BCUT2D eigenvalue weighted by Gasteiger charge is -2.15. The number of carbonyl (C=O) groups excluding carboxylic acids is 1. The third-order valence-electron chi connectivity index (χ3n) is 6.27. The van der Waals surface area contributed by atoms with E-state index in [0.717, 1.165) is 39.0 Å². The molecule has 1 unspecified atom stereocenters. The van der Waals surface area contributed by atoms with Crippen LogP contribution in [-0.2, 0) is 9.84 Å². The summed E-state index contributed by atoms with van der Waals surface area (Å²) >= 11 is 0. The highest BCUT2D eigenvalue weighted by molar-refractivity contribution is 7.91. The van der Waals surface area contributed by atoms with Crippen molar-refractivity contribution in [2.75, 3.05) is 16.8 Å². The van der Waals surface area contributed by atoms with Gasteiger partial charge in [0.1, 0.15) is 5.82 Å². The van der Waals surface area contributed by atoms with Crippen LogP contribution in [0.1, 0.15) is 39.6 Å². The van der Waals surface area contributed by atoms with Gasteiger partial charge in [-0.1, -0.05) is 42.0 Å². The van der Waals surface area contributed by atoms with Gasteiger partial charge in [-0.25, -0.2) is 18.1 Å². The zero-order valence-electron chi connectivity index (χ0n) is 19.4. The molecule has 0 saturated carbocycles. The molecule has 1 fully saturated rings. The van der Waals surface area contributed by atoms with Crippen LogP contribution in [0.2, 0.25) is 0 Å². The molecule has 8 heteroatoms. The number of amides is 1. The second kappa shape index (κ2) is 8.36. The van der Waals surface area contributed by atoms with Crippen LogP contribution >= 0.6 is 0 Å². The van der Waals surface area contributed by atoms with Crippen LogP contribution < -0.4 is 5.32 Å². The number of hydrogen-bond acceptors (Lipinski definition) is 5. The zero-order chi connectivity index (χ0) is 24.0. The molecule has 1 amide bonds. The summed E-state index contributed by atoms with van der Waals surface area (Å²) in [5.74, 6) is 0.384. The van der Waals surface area contributed by atoms with Crippen molar-refractivity contribution >= 4 is 32.5 Å². The predicted octanol–water partition coefficient (Wildman–Crippen LogP) is 4.64. The Hall–Kier alpha value is -3.52. The van der Waals surface area contributed by atoms with E-state index in [2.05, 4.69) is 16.5 Å². The smallest absolute Gasteiger partial charge is 0.257 e. The number of nitrogens with zero attached hydrogens (tertiary/aromatic N) is 3. The summed E-state index contributed by atoms with van der Waals surface area (Å²) in [7, 11) is -3.09. The summed E-state index contributed by atoms with van der Waals surface area (Å²) < 4.78 is 25.7. The van der Waals surface area contributed by atoms with Crippen LogP contribution in [0.5, 0.6) is 0 Å². The fourth-order valence-electron chi connectivity index (χ4n) is 4.64. The summed E-state index contributed by atoms with van der Waals surface area (Å²) in [6, 6.07) is 17.1. The Kier molecular flexibility index (Phi) is 5.48. The zero-order valence-corrected chi connectivity index (χ0v) is 20.2. The largest absolute Gasteiger partial charge is 0.307 e. The number of aromatic nitrogens is 3. The Morgan fingerprint density at radius 2 is 1.85 bits per heavy atom. The third-order valence-corrected chi connectivity index (χ3v) is 8.02.